The molecule has 0 bridgehead atoms. The number of hydrogen-bond donors (Lipinski definition) is 1. The zero-order chi connectivity index (χ0) is 9.80. The molecule has 0 aromatic heterocycles. The highest BCUT2D eigenvalue weighted by atomic mass is 32.1. The fourth-order valence-electron chi connectivity index (χ4n) is 2.88. The molecule has 2 rings (SSSR count). The summed E-state index contributed by atoms with van der Waals surface area (Å²) in [6, 6.07) is 0. The van der Waals surface area contributed by atoms with Crippen molar-refractivity contribution in [2.45, 2.75) is 74.4 Å². The van der Waals surface area contributed by atoms with Crippen LogP contribution in [-0.4, -0.2) is 16.6 Å². The predicted molar refractivity (Wildman–Crippen MR) is 70.2 cm³/mol. The normalized spacial score (nSPS) is 36.6. The molecule has 2 fully saturated rings. The van der Waals surface area contributed by atoms with Crippen LogP contribution in [0.4, 0.5) is 0 Å². The van der Waals surface area contributed by atoms with Crippen LogP contribution in [0.2, 0.25) is 0 Å². The minimum absolute atomic E-state index is 0.740. The average Bonchev–Trinajstić information content (AvgIpc) is 2.23. The van der Waals surface area contributed by atoms with Crippen molar-refractivity contribution in [1.29, 1.82) is 0 Å². The first-order valence-corrected chi connectivity index (χ1v) is 7.97. The first-order valence-electron chi connectivity index (χ1n) is 6.30. The molecule has 82 valence electrons. The van der Waals surface area contributed by atoms with Crippen molar-refractivity contribution in [3.63, 3.8) is 0 Å². The Morgan fingerprint density at radius 2 is 1.43 bits per heavy atom. The molecule has 2 aliphatic rings. The lowest BCUT2D eigenvalue weighted by molar-refractivity contribution is 0.496. The molecule has 2 heteroatoms. The molecular weight excluding hydrogens is 207 g/mol. The van der Waals surface area contributed by atoms with Gasteiger partial charge in [-0.1, -0.05) is 32.1 Å². The average molecular weight is 230 g/mol. The van der Waals surface area contributed by atoms with Crippen molar-refractivity contribution >= 4 is 21.2 Å². The molecule has 2 aliphatic carbocycles. The Balaban J connectivity index is 1.76. The molecule has 3 atom stereocenters. The van der Waals surface area contributed by atoms with Gasteiger partial charge in [0.25, 0.3) is 0 Å². The summed E-state index contributed by atoms with van der Waals surface area (Å²) in [5.74, 6) is 0. The Morgan fingerprint density at radius 1 is 0.786 bits per heavy atom. The maximum atomic E-state index is 4.76. The molecule has 0 nitrogen and oxygen atoms in total. The van der Waals surface area contributed by atoms with E-state index in [4.69, 9.17) is 12.6 Å². The first kappa shape index (κ1) is 11.3. The topological polar surface area (TPSA) is 0 Å². The van der Waals surface area contributed by atoms with E-state index in [-0.39, 0.29) is 0 Å². The van der Waals surface area contributed by atoms with Crippen LogP contribution >= 0.6 is 21.2 Å². The van der Waals surface area contributed by atoms with E-state index in [1.54, 1.807) is 0 Å². The second-order valence-corrected chi connectivity index (χ2v) is 7.51. The molecule has 0 heterocycles. The summed E-state index contributed by atoms with van der Waals surface area (Å²) < 4.78 is 0. The molecule has 0 radical (unpaired) electrons. The van der Waals surface area contributed by atoms with Crippen LogP contribution < -0.4 is 0 Å². The van der Waals surface area contributed by atoms with Gasteiger partial charge < -0.3 is 0 Å². The summed E-state index contributed by atoms with van der Waals surface area (Å²) in [5, 5.41) is 0.740. The molecule has 14 heavy (non-hydrogen) atoms. The smallest absolute Gasteiger partial charge is 0.00820 e. The third-order valence-corrected chi connectivity index (χ3v) is 6.85. The number of hydrogen-bond acceptors (Lipinski definition) is 1. The molecule has 0 N–H and O–H groups in total. The van der Waals surface area contributed by atoms with Crippen LogP contribution in [0.1, 0.15) is 57.8 Å². The lowest BCUT2D eigenvalue weighted by Crippen LogP contribution is -2.24. The Labute approximate surface area is 95.8 Å². The minimum Gasteiger partial charge on any atom is -0.175 e. The van der Waals surface area contributed by atoms with Crippen molar-refractivity contribution < 1.29 is 0 Å². The zero-order valence-electron chi connectivity index (χ0n) is 9.04. The van der Waals surface area contributed by atoms with E-state index >= 15 is 0 Å². The highest BCUT2D eigenvalue weighted by Crippen LogP contribution is 2.43. The van der Waals surface area contributed by atoms with Crippen molar-refractivity contribution in [3.8, 4) is 0 Å². The maximum absolute atomic E-state index is 4.76. The highest BCUT2D eigenvalue weighted by molar-refractivity contribution is 7.81. The molecule has 2 saturated carbocycles. The third-order valence-electron chi connectivity index (χ3n) is 3.78. The van der Waals surface area contributed by atoms with Crippen LogP contribution in [0.25, 0.3) is 0 Å². The van der Waals surface area contributed by atoms with Gasteiger partial charge in [0, 0.05) is 5.25 Å². The zero-order valence-corrected chi connectivity index (χ0v) is 10.9. The molecular formula is C12H23PS. The van der Waals surface area contributed by atoms with E-state index in [1.165, 1.54) is 66.4 Å². The maximum Gasteiger partial charge on any atom is 0.00820 e. The Hall–Kier alpha value is 0.780. The predicted octanol–water partition coefficient (Wildman–Crippen LogP) is 4.24. The largest absolute Gasteiger partial charge is 0.175 e. The van der Waals surface area contributed by atoms with Gasteiger partial charge in [-0.3, -0.25) is 0 Å². The standard InChI is InChI=1S/C12H23PS/c14-12-9-5-4-8-11(12)13-10-6-2-1-3-7-10/h10-14H,1-9H2. The quantitative estimate of drug-likeness (QED) is 0.532. The van der Waals surface area contributed by atoms with Crippen LogP contribution in [0.15, 0.2) is 0 Å². The van der Waals surface area contributed by atoms with Gasteiger partial charge in [0.2, 0.25) is 0 Å². The molecule has 0 saturated heterocycles. The van der Waals surface area contributed by atoms with Gasteiger partial charge in [0.1, 0.15) is 0 Å². The lowest BCUT2D eigenvalue weighted by atomic mass is 9.99. The fraction of sp³-hybridized carbons (Fsp3) is 1.00. The summed E-state index contributed by atoms with van der Waals surface area (Å²) in [6.45, 7) is 0. The van der Waals surface area contributed by atoms with Crippen LogP contribution in [-0.2, 0) is 0 Å². The van der Waals surface area contributed by atoms with E-state index in [2.05, 4.69) is 0 Å². The van der Waals surface area contributed by atoms with Gasteiger partial charge >= 0.3 is 0 Å². The summed E-state index contributed by atoms with van der Waals surface area (Å²) in [7, 11) is 1.23. The van der Waals surface area contributed by atoms with Crippen molar-refractivity contribution in [2.75, 3.05) is 0 Å². The Kier molecular flexibility index (Phi) is 4.63. The van der Waals surface area contributed by atoms with E-state index < -0.39 is 0 Å². The van der Waals surface area contributed by atoms with Crippen molar-refractivity contribution in [2.24, 2.45) is 0 Å². The van der Waals surface area contributed by atoms with Crippen LogP contribution in [0, 0.1) is 0 Å². The fourth-order valence-corrected chi connectivity index (χ4v) is 5.57. The van der Waals surface area contributed by atoms with Gasteiger partial charge in [-0.15, -0.1) is 8.58 Å². The van der Waals surface area contributed by atoms with Gasteiger partial charge in [-0.25, -0.2) is 0 Å². The summed E-state index contributed by atoms with van der Waals surface area (Å²) in [5.41, 5.74) is 2.07. The summed E-state index contributed by atoms with van der Waals surface area (Å²) in [6.07, 6.45) is 13.3. The monoisotopic (exact) mass is 230 g/mol. The van der Waals surface area contributed by atoms with E-state index in [0.717, 1.165) is 16.6 Å². The Bertz CT molecular complexity index is 166. The van der Waals surface area contributed by atoms with Crippen LogP contribution in [0.5, 0.6) is 0 Å². The SMILES string of the molecule is SC1CCCCC1PC1CCCCC1. The molecule has 0 aromatic rings. The molecule has 3 unspecified atom stereocenters. The summed E-state index contributed by atoms with van der Waals surface area (Å²) in [4.78, 5) is 0. The van der Waals surface area contributed by atoms with Crippen LogP contribution in [0.3, 0.4) is 0 Å². The summed E-state index contributed by atoms with van der Waals surface area (Å²) >= 11 is 4.76. The number of thiol groups is 1. The highest BCUT2D eigenvalue weighted by Gasteiger charge is 2.25. The van der Waals surface area contributed by atoms with E-state index in [1.807, 2.05) is 0 Å². The van der Waals surface area contributed by atoms with Gasteiger partial charge in [0.15, 0.2) is 0 Å². The van der Waals surface area contributed by atoms with Gasteiger partial charge in [0.05, 0.1) is 0 Å². The van der Waals surface area contributed by atoms with Gasteiger partial charge in [-0.05, 0) is 37.0 Å². The minimum atomic E-state index is 0.740. The number of rotatable bonds is 2. The third kappa shape index (κ3) is 3.14. The van der Waals surface area contributed by atoms with Gasteiger partial charge in [-0.2, -0.15) is 12.6 Å². The van der Waals surface area contributed by atoms with Crippen molar-refractivity contribution in [1.82, 2.24) is 0 Å². The molecule has 0 amide bonds. The second kappa shape index (κ2) is 5.75. The van der Waals surface area contributed by atoms with Crippen molar-refractivity contribution in [3.05, 3.63) is 0 Å². The molecule has 0 aromatic carbocycles. The lowest BCUT2D eigenvalue weighted by Gasteiger charge is -2.32. The second-order valence-electron chi connectivity index (χ2n) is 4.96. The molecule has 0 aliphatic heterocycles. The first-order chi connectivity index (χ1) is 6.86. The molecule has 0 spiro atoms. The Morgan fingerprint density at radius 3 is 2.14 bits per heavy atom. The van der Waals surface area contributed by atoms with E-state index in [0.29, 0.717) is 0 Å². The van der Waals surface area contributed by atoms with E-state index in [9.17, 15) is 0 Å².